The molecule has 3 N–H and O–H groups in total. The zero-order valence-corrected chi connectivity index (χ0v) is 13.9. The minimum absolute atomic E-state index is 0.0790. The molecule has 5 heteroatoms. The second kappa shape index (κ2) is 3.71. The van der Waals surface area contributed by atoms with Crippen molar-refractivity contribution in [2.24, 2.45) is 27.5 Å². The molecule has 2 aliphatic carbocycles. The SMILES string of the molecule is CC1(C)[C@H]2CC[C@]1(C)[C@@]1(C2)N=C(N)Nc2nc3ccccc3n21. The summed E-state index contributed by atoms with van der Waals surface area (Å²) in [5.74, 6) is 2.01. The fourth-order valence-corrected chi connectivity index (χ4v) is 5.62. The summed E-state index contributed by atoms with van der Waals surface area (Å²) < 4.78 is 2.33. The summed E-state index contributed by atoms with van der Waals surface area (Å²) in [5.41, 5.74) is 8.35. The van der Waals surface area contributed by atoms with E-state index in [1.165, 1.54) is 12.8 Å². The predicted molar refractivity (Wildman–Crippen MR) is 92.2 cm³/mol. The van der Waals surface area contributed by atoms with E-state index >= 15 is 0 Å². The fraction of sp³-hybridized carbons (Fsp3) is 0.556. The molecular formula is C18H23N5. The Morgan fingerprint density at radius 2 is 2.04 bits per heavy atom. The van der Waals surface area contributed by atoms with Crippen LogP contribution in [0.4, 0.5) is 5.95 Å². The molecule has 23 heavy (non-hydrogen) atoms. The van der Waals surface area contributed by atoms with Gasteiger partial charge in [-0.05, 0) is 42.7 Å². The van der Waals surface area contributed by atoms with Crippen LogP contribution in [-0.4, -0.2) is 15.5 Å². The smallest absolute Gasteiger partial charge is 0.212 e. The molecule has 1 spiro atoms. The summed E-state index contributed by atoms with van der Waals surface area (Å²) in [4.78, 5) is 9.81. The Bertz CT molecular complexity index is 863. The second-order valence-corrected chi connectivity index (χ2v) is 8.19. The molecule has 2 bridgehead atoms. The Hall–Kier alpha value is -2.04. The van der Waals surface area contributed by atoms with Crippen molar-refractivity contribution in [2.75, 3.05) is 5.32 Å². The van der Waals surface area contributed by atoms with Gasteiger partial charge in [0.2, 0.25) is 5.95 Å². The number of nitrogens with two attached hydrogens (primary N) is 1. The number of anilines is 1. The highest BCUT2D eigenvalue weighted by molar-refractivity contribution is 5.95. The third-order valence-corrected chi connectivity index (χ3v) is 7.33. The van der Waals surface area contributed by atoms with Crippen molar-refractivity contribution in [3.05, 3.63) is 24.3 Å². The van der Waals surface area contributed by atoms with Gasteiger partial charge in [-0.3, -0.25) is 9.88 Å². The van der Waals surface area contributed by atoms with Gasteiger partial charge in [-0.15, -0.1) is 0 Å². The van der Waals surface area contributed by atoms with Crippen molar-refractivity contribution in [1.82, 2.24) is 9.55 Å². The number of benzene rings is 1. The maximum Gasteiger partial charge on any atom is 0.212 e. The third kappa shape index (κ3) is 1.28. The number of hydrogen-bond acceptors (Lipinski definition) is 4. The minimum atomic E-state index is -0.319. The highest BCUT2D eigenvalue weighted by Crippen LogP contribution is 2.73. The number of rotatable bonds is 0. The van der Waals surface area contributed by atoms with Crippen molar-refractivity contribution >= 4 is 22.9 Å². The van der Waals surface area contributed by atoms with Crippen molar-refractivity contribution in [3.8, 4) is 0 Å². The topological polar surface area (TPSA) is 68.2 Å². The van der Waals surface area contributed by atoms with Gasteiger partial charge >= 0.3 is 0 Å². The standard InChI is InChI=1S/C18H23N5/c1-16(2)11-8-9-17(16,3)18(10-11)22-14(19)21-15-20-12-6-4-5-7-13(12)23(15)18/h4-7,11H,8-10H2,1-3H3,(H3,19,20,21,22)/t11-,17-,18-/m0/s1. The molecule has 2 aromatic rings. The van der Waals surface area contributed by atoms with E-state index in [2.05, 4.69) is 48.9 Å². The molecule has 1 aliphatic heterocycles. The summed E-state index contributed by atoms with van der Waals surface area (Å²) in [5, 5.41) is 3.18. The molecule has 3 atom stereocenters. The number of hydrogen-bond donors (Lipinski definition) is 2. The van der Waals surface area contributed by atoms with E-state index in [1.807, 2.05) is 6.07 Å². The number of guanidine groups is 1. The molecule has 0 saturated heterocycles. The van der Waals surface area contributed by atoms with Crippen molar-refractivity contribution in [1.29, 1.82) is 0 Å². The van der Waals surface area contributed by atoms with Crippen LogP contribution in [0.3, 0.4) is 0 Å². The molecule has 0 unspecified atom stereocenters. The number of aliphatic imine (C=N–C) groups is 1. The molecule has 0 radical (unpaired) electrons. The Balaban J connectivity index is 1.87. The van der Waals surface area contributed by atoms with Gasteiger partial charge in [-0.2, -0.15) is 0 Å². The van der Waals surface area contributed by atoms with Gasteiger partial charge in [0.15, 0.2) is 5.96 Å². The van der Waals surface area contributed by atoms with E-state index < -0.39 is 0 Å². The van der Waals surface area contributed by atoms with Crippen molar-refractivity contribution < 1.29 is 0 Å². The maximum absolute atomic E-state index is 6.19. The van der Waals surface area contributed by atoms with Gasteiger partial charge in [0.1, 0.15) is 5.66 Å². The van der Waals surface area contributed by atoms with Crippen LogP contribution in [0.1, 0.15) is 40.0 Å². The number of para-hydroxylation sites is 2. The highest BCUT2D eigenvalue weighted by atomic mass is 15.4. The van der Waals surface area contributed by atoms with Crippen molar-refractivity contribution in [2.45, 2.75) is 45.7 Å². The van der Waals surface area contributed by atoms with Gasteiger partial charge in [0, 0.05) is 5.41 Å². The van der Waals surface area contributed by atoms with Crippen LogP contribution >= 0.6 is 0 Å². The average molecular weight is 309 g/mol. The first-order chi connectivity index (χ1) is 10.9. The predicted octanol–water partition coefficient (Wildman–Crippen LogP) is 3.28. The lowest BCUT2D eigenvalue weighted by atomic mass is 9.66. The minimum Gasteiger partial charge on any atom is -0.370 e. The van der Waals surface area contributed by atoms with Crippen LogP contribution in [0, 0.1) is 16.7 Å². The lowest BCUT2D eigenvalue weighted by Crippen LogP contribution is -2.52. The van der Waals surface area contributed by atoms with E-state index in [0.29, 0.717) is 11.9 Å². The Labute approximate surface area is 136 Å². The molecule has 120 valence electrons. The normalized spacial score (nSPS) is 37.0. The summed E-state index contributed by atoms with van der Waals surface area (Å²) in [6, 6.07) is 8.32. The van der Waals surface area contributed by atoms with E-state index in [9.17, 15) is 0 Å². The first kappa shape index (κ1) is 13.4. The number of nitrogens with one attached hydrogen (secondary N) is 1. The highest BCUT2D eigenvalue weighted by Gasteiger charge is 2.71. The molecule has 3 aliphatic rings. The molecule has 2 fully saturated rings. The van der Waals surface area contributed by atoms with Crippen LogP contribution < -0.4 is 11.1 Å². The van der Waals surface area contributed by atoms with Gasteiger partial charge in [0.25, 0.3) is 0 Å². The van der Waals surface area contributed by atoms with Crippen LogP contribution in [0.2, 0.25) is 0 Å². The number of nitrogens with zero attached hydrogens (tertiary/aromatic N) is 3. The number of aromatic nitrogens is 2. The molecular weight excluding hydrogens is 286 g/mol. The molecule has 2 saturated carbocycles. The second-order valence-electron chi connectivity index (χ2n) is 8.19. The van der Waals surface area contributed by atoms with Crippen LogP contribution in [0.15, 0.2) is 29.3 Å². The van der Waals surface area contributed by atoms with E-state index in [-0.39, 0.29) is 16.5 Å². The Kier molecular flexibility index (Phi) is 2.16. The van der Waals surface area contributed by atoms with Gasteiger partial charge in [-0.25, -0.2) is 9.98 Å². The Morgan fingerprint density at radius 3 is 2.74 bits per heavy atom. The van der Waals surface area contributed by atoms with Gasteiger partial charge in [0.05, 0.1) is 11.0 Å². The van der Waals surface area contributed by atoms with Gasteiger partial charge in [-0.1, -0.05) is 32.9 Å². The first-order valence-corrected chi connectivity index (χ1v) is 8.49. The zero-order valence-electron chi connectivity index (χ0n) is 13.9. The summed E-state index contributed by atoms with van der Waals surface area (Å²) in [6.45, 7) is 7.22. The third-order valence-electron chi connectivity index (χ3n) is 7.33. The average Bonchev–Trinajstić information content (AvgIpc) is 3.02. The molecule has 1 aromatic carbocycles. The van der Waals surface area contributed by atoms with Crippen LogP contribution in [-0.2, 0) is 5.66 Å². The van der Waals surface area contributed by atoms with E-state index in [1.54, 1.807) is 0 Å². The largest absolute Gasteiger partial charge is 0.370 e. The summed E-state index contributed by atoms with van der Waals surface area (Å²) in [7, 11) is 0. The van der Waals surface area contributed by atoms with Crippen molar-refractivity contribution in [3.63, 3.8) is 0 Å². The maximum atomic E-state index is 6.19. The number of fused-ring (bicyclic) bond motifs is 7. The number of imidazole rings is 1. The van der Waals surface area contributed by atoms with E-state index in [4.69, 9.17) is 15.7 Å². The van der Waals surface area contributed by atoms with Crippen LogP contribution in [0.25, 0.3) is 11.0 Å². The monoisotopic (exact) mass is 309 g/mol. The molecule has 2 heterocycles. The Morgan fingerprint density at radius 1 is 1.26 bits per heavy atom. The quantitative estimate of drug-likeness (QED) is 0.784. The zero-order chi connectivity index (χ0) is 16.0. The molecule has 5 rings (SSSR count). The van der Waals surface area contributed by atoms with Crippen LogP contribution in [0.5, 0.6) is 0 Å². The lowest BCUT2D eigenvalue weighted by molar-refractivity contribution is 0.0331. The van der Waals surface area contributed by atoms with Gasteiger partial charge < -0.3 is 5.73 Å². The summed E-state index contributed by atoms with van der Waals surface area (Å²) >= 11 is 0. The van der Waals surface area contributed by atoms with E-state index in [0.717, 1.165) is 23.4 Å². The molecule has 5 nitrogen and oxygen atoms in total. The molecule has 0 amide bonds. The fourth-order valence-electron chi connectivity index (χ4n) is 5.62. The molecule has 1 aromatic heterocycles. The lowest BCUT2D eigenvalue weighted by Gasteiger charge is -2.48. The summed E-state index contributed by atoms with van der Waals surface area (Å²) in [6.07, 6.45) is 3.52. The first-order valence-electron chi connectivity index (χ1n) is 8.49.